The normalized spacial score (nSPS) is 11.1. The number of aryl methyl sites for hydroxylation is 1. The molecule has 0 fully saturated rings. The van der Waals surface area contributed by atoms with Crippen LogP contribution < -0.4 is 14.9 Å². The van der Waals surface area contributed by atoms with E-state index in [2.05, 4.69) is 5.10 Å². The smallest absolute Gasteiger partial charge is 0.416 e. The summed E-state index contributed by atoms with van der Waals surface area (Å²) in [6, 6.07) is 9.63. The second kappa shape index (κ2) is 9.77. The van der Waals surface area contributed by atoms with E-state index in [1.54, 1.807) is 0 Å². The summed E-state index contributed by atoms with van der Waals surface area (Å²) in [7, 11) is 2.83. The van der Waals surface area contributed by atoms with Gasteiger partial charge in [-0.25, -0.2) is 9.48 Å². The summed E-state index contributed by atoms with van der Waals surface area (Å²) >= 11 is 0. The van der Waals surface area contributed by atoms with E-state index in [0.717, 1.165) is 22.9 Å². The fraction of sp³-hybridized carbons (Fsp3) is 0.217. The number of carbonyl (C=O) groups is 2. The van der Waals surface area contributed by atoms with Gasteiger partial charge in [-0.05, 0) is 43.3 Å². The SMILES string of the molecule is COc1ccc(C(=O)COC(=O)c2nn(-c3cccc(C(F)(F)F)c3)c(C)cc2=O)cc1OC. The Kier molecular flexibility index (Phi) is 7.04. The Morgan fingerprint density at radius 3 is 2.35 bits per heavy atom. The van der Waals surface area contributed by atoms with E-state index in [0.29, 0.717) is 11.5 Å². The first-order valence-corrected chi connectivity index (χ1v) is 9.76. The molecule has 11 heteroatoms. The van der Waals surface area contributed by atoms with Crippen LogP contribution in [-0.4, -0.2) is 42.4 Å². The molecule has 1 heterocycles. The number of esters is 1. The molecule has 178 valence electrons. The maximum absolute atomic E-state index is 13.1. The third-order valence-corrected chi connectivity index (χ3v) is 4.76. The van der Waals surface area contributed by atoms with Gasteiger partial charge in [0.1, 0.15) is 0 Å². The van der Waals surface area contributed by atoms with E-state index in [9.17, 15) is 27.6 Å². The highest BCUT2D eigenvalue weighted by atomic mass is 19.4. The monoisotopic (exact) mass is 476 g/mol. The molecule has 2 aromatic carbocycles. The quantitative estimate of drug-likeness (QED) is 0.380. The number of ketones is 1. The number of carbonyl (C=O) groups excluding carboxylic acids is 2. The van der Waals surface area contributed by atoms with Crippen LogP contribution >= 0.6 is 0 Å². The number of aromatic nitrogens is 2. The molecule has 34 heavy (non-hydrogen) atoms. The number of halogens is 3. The van der Waals surface area contributed by atoms with Gasteiger partial charge in [0.25, 0.3) is 0 Å². The summed E-state index contributed by atoms with van der Waals surface area (Å²) < 4.78 is 55.4. The van der Waals surface area contributed by atoms with Crippen molar-refractivity contribution in [3.63, 3.8) is 0 Å². The second-order valence-corrected chi connectivity index (χ2v) is 7.03. The molecule has 0 saturated heterocycles. The fourth-order valence-electron chi connectivity index (χ4n) is 3.06. The summed E-state index contributed by atoms with van der Waals surface area (Å²) in [5, 5.41) is 3.88. The number of alkyl halides is 3. The summed E-state index contributed by atoms with van der Waals surface area (Å²) in [6.45, 7) is 0.747. The van der Waals surface area contributed by atoms with Crippen LogP contribution in [0.2, 0.25) is 0 Å². The molecule has 0 spiro atoms. The van der Waals surface area contributed by atoms with Crippen LogP contribution in [0.5, 0.6) is 11.5 Å². The number of benzene rings is 2. The van der Waals surface area contributed by atoms with Gasteiger partial charge in [0.15, 0.2) is 23.9 Å². The Bertz CT molecular complexity index is 1300. The molecule has 0 bridgehead atoms. The molecule has 3 aromatic rings. The number of hydrogen-bond acceptors (Lipinski definition) is 7. The van der Waals surface area contributed by atoms with Gasteiger partial charge in [-0.2, -0.15) is 18.3 Å². The molecule has 0 aliphatic carbocycles. The lowest BCUT2D eigenvalue weighted by Crippen LogP contribution is -2.25. The molecular weight excluding hydrogens is 457 g/mol. The van der Waals surface area contributed by atoms with Crippen LogP contribution in [0.15, 0.2) is 53.3 Å². The lowest BCUT2D eigenvalue weighted by molar-refractivity contribution is -0.137. The second-order valence-electron chi connectivity index (χ2n) is 7.03. The average molecular weight is 476 g/mol. The summed E-state index contributed by atoms with van der Waals surface area (Å²) in [6.07, 6.45) is -4.59. The lowest BCUT2D eigenvalue weighted by Gasteiger charge is -2.13. The molecule has 0 amide bonds. The Morgan fingerprint density at radius 2 is 1.71 bits per heavy atom. The third-order valence-electron chi connectivity index (χ3n) is 4.76. The van der Waals surface area contributed by atoms with Gasteiger partial charge in [-0.15, -0.1) is 0 Å². The maximum atomic E-state index is 13.1. The zero-order chi connectivity index (χ0) is 25.0. The third kappa shape index (κ3) is 5.25. The molecule has 1 aromatic heterocycles. The van der Waals surface area contributed by atoms with Crippen molar-refractivity contribution < 1.29 is 37.0 Å². The molecule has 0 saturated carbocycles. The Balaban J connectivity index is 1.83. The fourth-order valence-corrected chi connectivity index (χ4v) is 3.06. The van der Waals surface area contributed by atoms with Crippen LogP contribution in [0.4, 0.5) is 13.2 Å². The van der Waals surface area contributed by atoms with Gasteiger partial charge < -0.3 is 14.2 Å². The van der Waals surface area contributed by atoms with Crippen molar-refractivity contribution >= 4 is 11.8 Å². The number of rotatable bonds is 7. The van der Waals surface area contributed by atoms with Gasteiger partial charge in [0, 0.05) is 17.3 Å². The molecule has 0 aliphatic rings. The predicted molar refractivity (Wildman–Crippen MR) is 114 cm³/mol. The van der Waals surface area contributed by atoms with E-state index in [1.807, 2.05) is 0 Å². The van der Waals surface area contributed by atoms with E-state index in [1.165, 1.54) is 51.5 Å². The number of hydrogen-bond donors (Lipinski definition) is 0. The first kappa shape index (κ1) is 24.5. The van der Waals surface area contributed by atoms with Crippen molar-refractivity contribution in [1.29, 1.82) is 0 Å². The minimum absolute atomic E-state index is 0.0113. The summed E-state index contributed by atoms with van der Waals surface area (Å²) in [4.78, 5) is 37.2. The number of Topliss-reactive ketones (excluding diaryl/α,β-unsaturated/α-hetero) is 1. The van der Waals surface area contributed by atoms with Gasteiger partial charge >= 0.3 is 12.1 Å². The van der Waals surface area contributed by atoms with E-state index in [4.69, 9.17) is 14.2 Å². The van der Waals surface area contributed by atoms with Crippen LogP contribution in [0.3, 0.4) is 0 Å². The summed E-state index contributed by atoms with van der Waals surface area (Å²) in [5.41, 5.74) is -2.05. The van der Waals surface area contributed by atoms with Gasteiger partial charge in [-0.1, -0.05) is 6.07 Å². The zero-order valence-corrected chi connectivity index (χ0v) is 18.3. The van der Waals surface area contributed by atoms with Gasteiger partial charge in [-0.3, -0.25) is 9.59 Å². The minimum Gasteiger partial charge on any atom is -0.493 e. The van der Waals surface area contributed by atoms with E-state index < -0.39 is 41.2 Å². The molecular formula is C23H19F3N2O6. The van der Waals surface area contributed by atoms with Crippen molar-refractivity contribution in [3.05, 3.63) is 81.3 Å². The van der Waals surface area contributed by atoms with Crippen LogP contribution in [-0.2, 0) is 10.9 Å². The molecule has 0 aliphatic heterocycles. The highest BCUT2D eigenvalue weighted by molar-refractivity contribution is 5.99. The predicted octanol–water partition coefficient (Wildman–Crippen LogP) is 3.62. The van der Waals surface area contributed by atoms with Crippen LogP contribution in [0.25, 0.3) is 5.69 Å². The first-order valence-electron chi connectivity index (χ1n) is 9.76. The summed E-state index contributed by atoms with van der Waals surface area (Å²) in [5.74, 6) is -1.09. The van der Waals surface area contributed by atoms with Crippen molar-refractivity contribution in [2.75, 3.05) is 20.8 Å². The van der Waals surface area contributed by atoms with E-state index in [-0.39, 0.29) is 16.9 Å². The van der Waals surface area contributed by atoms with Crippen molar-refractivity contribution in [1.82, 2.24) is 9.78 Å². The minimum atomic E-state index is -4.59. The molecule has 0 unspecified atom stereocenters. The highest BCUT2D eigenvalue weighted by Gasteiger charge is 2.30. The standard InChI is InChI=1S/C23H19F3N2O6/c1-13-9-17(29)21(27-28(13)16-6-4-5-15(11-16)23(24,25)26)22(31)34-12-18(30)14-7-8-19(32-2)20(10-14)33-3/h4-11H,12H2,1-3H3. The van der Waals surface area contributed by atoms with Crippen LogP contribution in [0, 0.1) is 6.92 Å². The average Bonchev–Trinajstić information content (AvgIpc) is 2.81. The van der Waals surface area contributed by atoms with Crippen molar-refractivity contribution in [2.45, 2.75) is 13.1 Å². The van der Waals surface area contributed by atoms with Gasteiger partial charge in [0.2, 0.25) is 11.1 Å². The number of nitrogens with zero attached hydrogens (tertiary/aromatic N) is 2. The molecule has 0 radical (unpaired) electrons. The zero-order valence-electron chi connectivity index (χ0n) is 18.3. The highest BCUT2D eigenvalue weighted by Crippen LogP contribution is 2.30. The first-order chi connectivity index (χ1) is 16.0. The maximum Gasteiger partial charge on any atom is 0.416 e. The topological polar surface area (TPSA) is 96.7 Å². The molecule has 0 N–H and O–H groups in total. The largest absolute Gasteiger partial charge is 0.493 e. The van der Waals surface area contributed by atoms with Crippen molar-refractivity contribution in [2.24, 2.45) is 0 Å². The number of methoxy groups -OCH3 is 2. The molecule has 8 nitrogen and oxygen atoms in total. The Morgan fingerprint density at radius 1 is 1.00 bits per heavy atom. The van der Waals surface area contributed by atoms with Crippen molar-refractivity contribution in [3.8, 4) is 17.2 Å². The van der Waals surface area contributed by atoms with Crippen LogP contribution in [0.1, 0.15) is 32.1 Å². The molecule has 3 rings (SSSR count). The number of ether oxygens (including phenoxy) is 3. The Hall–Kier alpha value is -4.15. The van der Waals surface area contributed by atoms with E-state index >= 15 is 0 Å². The lowest BCUT2D eigenvalue weighted by atomic mass is 10.1. The molecule has 0 atom stereocenters. The Labute approximate surface area is 191 Å². The van der Waals surface area contributed by atoms with Gasteiger partial charge in [0.05, 0.1) is 25.5 Å².